The van der Waals surface area contributed by atoms with E-state index in [9.17, 15) is 4.79 Å². The largest absolute Gasteiger partial charge is 0.480 e. The minimum atomic E-state index is -0.980. The highest BCUT2D eigenvalue weighted by atomic mass is 16.4. The highest BCUT2D eigenvalue weighted by Gasteiger charge is 2.19. The molecule has 0 fully saturated rings. The Kier molecular flexibility index (Phi) is 6.39. The first kappa shape index (κ1) is 17.5. The molecule has 0 radical (unpaired) electrons. The van der Waals surface area contributed by atoms with E-state index in [-0.39, 0.29) is 18.6 Å². The molecule has 0 aliphatic carbocycles. The summed E-state index contributed by atoms with van der Waals surface area (Å²) in [7, 11) is 0. The second-order valence-corrected chi connectivity index (χ2v) is 5.44. The van der Waals surface area contributed by atoms with E-state index in [1.807, 2.05) is 32.6 Å². The van der Waals surface area contributed by atoms with Gasteiger partial charge in [-0.2, -0.15) is 5.26 Å². The van der Waals surface area contributed by atoms with Gasteiger partial charge in [0, 0.05) is 17.8 Å². The molecule has 0 saturated heterocycles. The fourth-order valence-electron chi connectivity index (χ4n) is 2.17. The van der Waals surface area contributed by atoms with E-state index in [0.717, 1.165) is 5.69 Å². The van der Waals surface area contributed by atoms with Crippen LogP contribution in [0.15, 0.2) is 29.3 Å². The van der Waals surface area contributed by atoms with Crippen molar-refractivity contribution < 1.29 is 9.90 Å². The van der Waals surface area contributed by atoms with Crippen molar-refractivity contribution in [1.29, 1.82) is 5.26 Å². The van der Waals surface area contributed by atoms with Crippen molar-refractivity contribution in [3.05, 3.63) is 29.8 Å². The molecule has 1 aromatic carbocycles. The number of benzene rings is 1. The molecule has 1 aromatic rings. The van der Waals surface area contributed by atoms with Gasteiger partial charge in [0.1, 0.15) is 6.54 Å². The van der Waals surface area contributed by atoms with E-state index >= 15 is 0 Å². The number of guanidine groups is 1. The third-order valence-corrected chi connectivity index (χ3v) is 2.99. The van der Waals surface area contributed by atoms with Crippen LogP contribution in [0.2, 0.25) is 0 Å². The first-order valence-electron chi connectivity index (χ1n) is 7.17. The molecule has 0 spiro atoms. The maximum Gasteiger partial charge on any atom is 0.325 e. The summed E-state index contributed by atoms with van der Waals surface area (Å²) in [5, 5.41) is 20.8. The van der Waals surface area contributed by atoms with E-state index in [4.69, 9.17) is 10.4 Å². The molecule has 0 amide bonds. The number of hydrogen-bond donors (Lipinski definition) is 2. The molecule has 0 saturated carbocycles. The summed E-state index contributed by atoms with van der Waals surface area (Å²) in [4.78, 5) is 17.0. The molecule has 0 bridgehead atoms. The molecule has 22 heavy (non-hydrogen) atoms. The number of aliphatic imine (C=N–C) groups is 1. The van der Waals surface area contributed by atoms with Gasteiger partial charge >= 0.3 is 5.97 Å². The lowest BCUT2D eigenvalue weighted by atomic mass is 10.2. The van der Waals surface area contributed by atoms with E-state index in [2.05, 4.69) is 16.4 Å². The summed E-state index contributed by atoms with van der Waals surface area (Å²) >= 11 is 0. The van der Waals surface area contributed by atoms with Gasteiger partial charge in [0.25, 0.3) is 0 Å². The lowest BCUT2D eigenvalue weighted by Crippen LogP contribution is -2.46. The van der Waals surface area contributed by atoms with Crippen molar-refractivity contribution in [3.63, 3.8) is 0 Å². The lowest BCUT2D eigenvalue weighted by Gasteiger charge is -2.34. The Labute approximate surface area is 131 Å². The highest BCUT2D eigenvalue weighted by Crippen LogP contribution is 2.13. The smallest absolute Gasteiger partial charge is 0.325 e. The van der Waals surface area contributed by atoms with Crippen LogP contribution in [0.5, 0.6) is 0 Å². The van der Waals surface area contributed by atoms with Crippen molar-refractivity contribution in [3.8, 4) is 6.07 Å². The normalized spacial score (nSPS) is 11.4. The molecule has 0 aliphatic heterocycles. The first-order chi connectivity index (χ1) is 10.3. The average Bonchev–Trinajstić information content (AvgIpc) is 2.44. The van der Waals surface area contributed by atoms with Gasteiger partial charge in [0.05, 0.1) is 11.6 Å². The quantitative estimate of drug-likeness (QED) is 0.644. The molecule has 0 atom stereocenters. The highest BCUT2D eigenvalue weighted by molar-refractivity contribution is 5.95. The van der Waals surface area contributed by atoms with Crippen molar-refractivity contribution in [2.75, 3.05) is 11.9 Å². The van der Waals surface area contributed by atoms with Gasteiger partial charge in [-0.05, 0) is 52.0 Å². The van der Waals surface area contributed by atoms with Crippen LogP contribution in [0.3, 0.4) is 0 Å². The third kappa shape index (κ3) is 5.09. The Morgan fingerprint density at radius 3 is 2.23 bits per heavy atom. The zero-order valence-electron chi connectivity index (χ0n) is 13.4. The zero-order chi connectivity index (χ0) is 16.7. The summed E-state index contributed by atoms with van der Waals surface area (Å²) in [5.41, 5.74) is 1.33. The molecular formula is C16H22N4O2. The van der Waals surface area contributed by atoms with Gasteiger partial charge in [-0.1, -0.05) is 0 Å². The predicted molar refractivity (Wildman–Crippen MR) is 86.8 cm³/mol. The monoisotopic (exact) mass is 302 g/mol. The number of aliphatic carboxylic acids is 1. The Morgan fingerprint density at radius 1 is 1.27 bits per heavy atom. The molecule has 6 nitrogen and oxygen atoms in total. The van der Waals surface area contributed by atoms with E-state index < -0.39 is 5.97 Å². The molecular weight excluding hydrogens is 280 g/mol. The summed E-state index contributed by atoms with van der Waals surface area (Å²) in [6.07, 6.45) is 0. The summed E-state index contributed by atoms with van der Waals surface area (Å²) < 4.78 is 0. The number of rotatable bonds is 5. The molecule has 1 rings (SSSR count). The summed E-state index contributed by atoms with van der Waals surface area (Å²) in [5.74, 6) is -0.469. The van der Waals surface area contributed by atoms with Gasteiger partial charge in [-0.3, -0.25) is 4.79 Å². The molecule has 118 valence electrons. The van der Waals surface area contributed by atoms with Crippen molar-refractivity contribution in [2.24, 2.45) is 4.99 Å². The maximum absolute atomic E-state index is 10.8. The Hall–Kier alpha value is -2.55. The summed E-state index contributed by atoms with van der Waals surface area (Å²) in [6, 6.07) is 9.34. The van der Waals surface area contributed by atoms with E-state index in [1.54, 1.807) is 24.3 Å². The van der Waals surface area contributed by atoms with Crippen LogP contribution in [0.4, 0.5) is 5.69 Å². The number of carboxylic acids is 1. The number of nitriles is 1. The molecule has 6 heteroatoms. The number of carbonyl (C=O) groups is 1. The average molecular weight is 302 g/mol. The zero-order valence-corrected chi connectivity index (χ0v) is 13.4. The Morgan fingerprint density at radius 2 is 1.82 bits per heavy atom. The van der Waals surface area contributed by atoms with Gasteiger partial charge in [-0.15, -0.1) is 0 Å². The fourth-order valence-corrected chi connectivity index (χ4v) is 2.17. The van der Waals surface area contributed by atoms with E-state index in [0.29, 0.717) is 11.5 Å². The molecule has 0 heterocycles. The second-order valence-electron chi connectivity index (χ2n) is 5.44. The van der Waals surface area contributed by atoms with Crippen LogP contribution in [0.25, 0.3) is 0 Å². The van der Waals surface area contributed by atoms with Crippen LogP contribution in [-0.2, 0) is 4.79 Å². The first-order valence-corrected chi connectivity index (χ1v) is 7.17. The standard InChI is InChI=1S/C16H22N4O2/c1-11(2)20(12(3)4)16(18-10-15(21)22)19-14-7-5-13(9-17)6-8-14/h5-8,11-12H,10H2,1-4H3,(H,18,19)(H,21,22). The minimum Gasteiger partial charge on any atom is -0.480 e. The SMILES string of the molecule is CC(C)N(C(=NCC(=O)O)Nc1ccc(C#N)cc1)C(C)C. The fraction of sp³-hybridized carbons (Fsp3) is 0.438. The third-order valence-electron chi connectivity index (χ3n) is 2.99. The maximum atomic E-state index is 10.8. The molecule has 2 N–H and O–H groups in total. The number of nitrogens with one attached hydrogen (secondary N) is 1. The van der Waals surface area contributed by atoms with Crippen molar-refractivity contribution in [2.45, 2.75) is 39.8 Å². The van der Waals surface area contributed by atoms with Crippen molar-refractivity contribution in [1.82, 2.24) is 4.90 Å². The van der Waals surface area contributed by atoms with Crippen LogP contribution in [0, 0.1) is 11.3 Å². The lowest BCUT2D eigenvalue weighted by molar-refractivity contribution is -0.135. The Bertz CT molecular complexity index is 563. The minimum absolute atomic E-state index is 0.165. The van der Waals surface area contributed by atoms with E-state index in [1.165, 1.54) is 0 Å². The number of carboxylic acid groups (broad SMARTS) is 1. The van der Waals surface area contributed by atoms with Gasteiger partial charge < -0.3 is 15.3 Å². The summed E-state index contributed by atoms with van der Waals surface area (Å²) in [6.45, 7) is 7.80. The molecule has 0 aliphatic rings. The van der Waals surface area contributed by atoms with Gasteiger partial charge in [0.15, 0.2) is 5.96 Å². The van der Waals surface area contributed by atoms with Crippen LogP contribution in [-0.4, -0.2) is 40.6 Å². The molecule has 0 aromatic heterocycles. The van der Waals surface area contributed by atoms with Gasteiger partial charge in [0.2, 0.25) is 0 Å². The van der Waals surface area contributed by atoms with Crippen LogP contribution < -0.4 is 5.32 Å². The van der Waals surface area contributed by atoms with Gasteiger partial charge in [-0.25, -0.2) is 4.99 Å². The van der Waals surface area contributed by atoms with Crippen LogP contribution >= 0.6 is 0 Å². The predicted octanol–water partition coefficient (Wildman–Crippen LogP) is 2.53. The second kappa shape index (κ2) is 8.03. The van der Waals surface area contributed by atoms with Crippen molar-refractivity contribution >= 4 is 17.6 Å². The number of anilines is 1. The van der Waals surface area contributed by atoms with Crippen LogP contribution in [0.1, 0.15) is 33.3 Å². The molecule has 0 unspecified atom stereocenters. The number of nitrogens with zero attached hydrogens (tertiary/aromatic N) is 3. The number of hydrogen-bond acceptors (Lipinski definition) is 3. The Balaban J connectivity index is 3.06. The topological polar surface area (TPSA) is 88.7 Å².